The standard InChI is InChI=1S/C14H12ClFN2O2/c1-19-12-6-8(2-3-10(12)16)14-17-11-4-5-20-7-9(11)13(15)18-14/h2-3,6H,4-5,7H2,1H3. The van der Waals surface area contributed by atoms with E-state index in [1.54, 1.807) is 12.1 Å². The molecule has 2 aromatic rings. The zero-order valence-electron chi connectivity index (χ0n) is 10.8. The zero-order valence-corrected chi connectivity index (χ0v) is 11.6. The molecule has 3 rings (SSSR count). The highest BCUT2D eigenvalue weighted by atomic mass is 35.5. The van der Waals surface area contributed by atoms with Crippen LogP contribution in [-0.4, -0.2) is 23.7 Å². The molecular weight excluding hydrogens is 283 g/mol. The van der Waals surface area contributed by atoms with Crippen molar-refractivity contribution in [2.75, 3.05) is 13.7 Å². The number of methoxy groups -OCH3 is 1. The van der Waals surface area contributed by atoms with Gasteiger partial charge >= 0.3 is 0 Å². The third-order valence-corrected chi connectivity index (χ3v) is 3.49. The summed E-state index contributed by atoms with van der Waals surface area (Å²) < 4.78 is 23.7. The van der Waals surface area contributed by atoms with Crippen LogP contribution in [0.1, 0.15) is 11.3 Å². The molecule has 0 atom stereocenters. The van der Waals surface area contributed by atoms with Gasteiger partial charge in [-0.1, -0.05) is 11.6 Å². The van der Waals surface area contributed by atoms with Crippen molar-refractivity contribution in [3.05, 3.63) is 40.4 Å². The fraction of sp³-hybridized carbons (Fsp3) is 0.286. The van der Waals surface area contributed by atoms with E-state index in [4.69, 9.17) is 21.1 Å². The molecule has 20 heavy (non-hydrogen) atoms. The predicted octanol–water partition coefficient (Wildman–Crippen LogP) is 3.02. The first-order chi connectivity index (χ1) is 9.69. The highest BCUT2D eigenvalue weighted by Gasteiger charge is 2.18. The van der Waals surface area contributed by atoms with Crippen LogP contribution in [0.3, 0.4) is 0 Å². The maximum atomic E-state index is 13.4. The first kappa shape index (κ1) is 13.3. The molecule has 6 heteroatoms. The molecule has 4 nitrogen and oxygen atoms in total. The van der Waals surface area contributed by atoms with Gasteiger partial charge in [-0.3, -0.25) is 0 Å². The number of ether oxygens (including phenoxy) is 2. The highest BCUT2D eigenvalue weighted by Crippen LogP contribution is 2.28. The summed E-state index contributed by atoms with van der Waals surface area (Å²) in [7, 11) is 1.42. The van der Waals surface area contributed by atoms with Crippen molar-refractivity contribution in [2.45, 2.75) is 13.0 Å². The second-order valence-electron chi connectivity index (χ2n) is 4.42. The summed E-state index contributed by atoms with van der Waals surface area (Å²) >= 11 is 6.17. The third-order valence-electron chi connectivity index (χ3n) is 3.18. The molecule has 0 fully saturated rings. The van der Waals surface area contributed by atoms with E-state index >= 15 is 0 Å². The lowest BCUT2D eigenvalue weighted by Crippen LogP contribution is -2.14. The highest BCUT2D eigenvalue weighted by molar-refractivity contribution is 6.30. The van der Waals surface area contributed by atoms with Crippen molar-refractivity contribution < 1.29 is 13.9 Å². The number of hydrogen-bond donors (Lipinski definition) is 0. The predicted molar refractivity (Wildman–Crippen MR) is 72.3 cm³/mol. The average Bonchev–Trinajstić information content (AvgIpc) is 2.47. The number of hydrogen-bond acceptors (Lipinski definition) is 4. The quantitative estimate of drug-likeness (QED) is 0.799. The van der Waals surface area contributed by atoms with Crippen LogP contribution in [0, 0.1) is 5.82 Å². The summed E-state index contributed by atoms with van der Waals surface area (Å²) in [5.41, 5.74) is 2.38. The van der Waals surface area contributed by atoms with Gasteiger partial charge < -0.3 is 9.47 Å². The van der Waals surface area contributed by atoms with Crippen molar-refractivity contribution in [1.82, 2.24) is 9.97 Å². The second kappa shape index (κ2) is 5.34. The SMILES string of the molecule is COc1cc(-c2nc(Cl)c3c(n2)CCOC3)ccc1F. The monoisotopic (exact) mass is 294 g/mol. The maximum absolute atomic E-state index is 13.4. The van der Waals surface area contributed by atoms with E-state index < -0.39 is 5.82 Å². The van der Waals surface area contributed by atoms with E-state index in [1.165, 1.54) is 13.2 Å². The van der Waals surface area contributed by atoms with Crippen molar-refractivity contribution >= 4 is 11.6 Å². The molecular formula is C14H12ClFN2O2. The molecule has 2 heterocycles. The Morgan fingerprint density at radius 1 is 1.35 bits per heavy atom. The summed E-state index contributed by atoms with van der Waals surface area (Å²) in [4.78, 5) is 8.75. The smallest absolute Gasteiger partial charge is 0.165 e. The zero-order chi connectivity index (χ0) is 14.1. The molecule has 0 aliphatic carbocycles. The third kappa shape index (κ3) is 2.34. The minimum atomic E-state index is -0.422. The maximum Gasteiger partial charge on any atom is 0.165 e. The summed E-state index contributed by atoms with van der Waals surface area (Å²) in [6.45, 7) is 1.05. The van der Waals surface area contributed by atoms with Crippen LogP contribution in [0.15, 0.2) is 18.2 Å². The van der Waals surface area contributed by atoms with Crippen LogP contribution in [0.4, 0.5) is 4.39 Å². The average molecular weight is 295 g/mol. The Balaban J connectivity index is 2.08. The van der Waals surface area contributed by atoms with Gasteiger partial charge in [-0.15, -0.1) is 0 Å². The van der Waals surface area contributed by atoms with E-state index in [0.29, 0.717) is 36.2 Å². The Labute approximate surface area is 120 Å². The number of fused-ring (bicyclic) bond motifs is 1. The fourth-order valence-electron chi connectivity index (χ4n) is 2.12. The Kier molecular flexibility index (Phi) is 3.54. The van der Waals surface area contributed by atoms with E-state index in [-0.39, 0.29) is 5.75 Å². The number of halogens is 2. The van der Waals surface area contributed by atoms with Crippen molar-refractivity contribution in [2.24, 2.45) is 0 Å². The van der Waals surface area contributed by atoms with Crippen LogP contribution in [0.2, 0.25) is 5.15 Å². The molecule has 0 radical (unpaired) electrons. The Bertz CT molecular complexity index is 664. The lowest BCUT2D eigenvalue weighted by molar-refractivity contribution is 0.109. The Morgan fingerprint density at radius 3 is 3.00 bits per heavy atom. The van der Waals surface area contributed by atoms with Gasteiger partial charge in [-0.25, -0.2) is 14.4 Å². The molecule has 0 amide bonds. The van der Waals surface area contributed by atoms with E-state index in [2.05, 4.69) is 9.97 Å². The molecule has 0 saturated heterocycles. The molecule has 0 N–H and O–H groups in total. The van der Waals surface area contributed by atoms with Crippen LogP contribution in [0.25, 0.3) is 11.4 Å². The van der Waals surface area contributed by atoms with Crippen LogP contribution in [0.5, 0.6) is 5.75 Å². The minimum absolute atomic E-state index is 0.156. The first-order valence-corrected chi connectivity index (χ1v) is 6.54. The van der Waals surface area contributed by atoms with Gasteiger partial charge in [0.1, 0.15) is 5.15 Å². The number of nitrogens with zero attached hydrogens (tertiary/aromatic N) is 2. The summed E-state index contributed by atoms with van der Waals surface area (Å²) in [5, 5.41) is 0.382. The van der Waals surface area contributed by atoms with Crippen molar-refractivity contribution in [1.29, 1.82) is 0 Å². The lowest BCUT2D eigenvalue weighted by Gasteiger charge is -2.17. The number of rotatable bonds is 2. The van der Waals surface area contributed by atoms with Crippen LogP contribution < -0.4 is 4.74 Å². The fourth-order valence-corrected chi connectivity index (χ4v) is 2.36. The molecule has 1 aliphatic heterocycles. The van der Waals surface area contributed by atoms with Crippen LogP contribution >= 0.6 is 11.6 Å². The molecule has 0 spiro atoms. The molecule has 0 bridgehead atoms. The second-order valence-corrected chi connectivity index (χ2v) is 4.77. The van der Waals surface area contributed by atoms with Gasteiger partial charge in [0, 0.05) is 17.5 Å². The molecule has 1 aliphatic rings. The summed E-state index contributed by atoms with van der Waals surface area (Å²) in [6, 6.07) is 4.50. The summed E-state index contributed by atoms with van der Waals surface area (Å²) in [5.74, 6) is 0.200. The van der Waals surface area contributed by atoms with Crippen molar-refractivity contribution in [3.63, 3.8) is 0 Å². The molecule has 104 valence electrons. The normalized spacial score (nSPS) is 13.9. The number of benzene rings is 1. The van der Waals surface area contributed by atoms with Gasteiger partial charge in [0.15, 0.2) is 17.4 Å². The van der Waals surface area contributed by atoms with E-state index in [9.17, 15) is 4.39 Å². The van der Waals surface area contributed by atoms with Gasteiger partial charge in [-0.2, -0.15) is 0 Å². The lowest BCUT2D eigenvalue weighted by atomic mass is 10.1. The van der Waals surface area contributed by atoms with Gasteiger partial charge in [0.25, 0.3) is 0 Å². The molecule has 1 aromatic carbocycles. The molecule has 0 unspecified atom stereocenters. The molecule has 0 saturated carbocycles. The van der Waals surface area contributed by atoms with Gasteiger partial charge in [-0.05, 0) is 18.2 Å². The van der Waals surface area contributed by atoms with Gasteiger partial charge in [0.2, 0.25) is 0 Å². The molecule has 1 aromatic heterocycles. The topological polar surface area (TPSA) is 44.2 Å². The van der Waals surface area contributed by atoms with E-state index in [0.717, 1.165) is 11.3 Å². The largest absolute Gasteiger partial charge is 0.494 e. The van der Waals surface area contributed by atoms with Crippen LogP contribution in [-0.2, 0) is 17.8 Å². The number of aromatic nitrogens is 2. The Morgan fingerprint density at radius 2 is 2.20 bits per heavy atom. The van der Waals surface area contributed by atoms with E-state index in [1.807, 2.05) is 0 Å². The minimum Gasteiger partial charge on any atom is -0.494 e. The Hall–Kier alpha value is -1.72. The summed E-state index contributed by atoms with van der Waals surface area (Å²) in [6.07, 6.45) is 0.697. The first-order valence-electron chi connectivity index (χ1n) is 6.16. The van der Waals surface area contributed by atoms with Crippen molar-refractivity contribution in [3.8, 4) is 17.1 Å². The van der Waals surface area contributed by atoms with Gasteiger partial charge in [0.05, 0.1) is 26.0 Å².